The summed E-state index contributed by atoms with van der Waals surface area (Å²) in [6, 6.07) is 12.1. The molecule has 2 aromatic carbocycles. The first-order valence-electron chi connectivity index (χ1n) is 8.62. The van der Waals surface area contributed by atoms with Crippen LogP contribution in [0.1, 0.15) is 27.0 Å². The summed E-state index contributed by atoms with van der Waals surface area (Å²) in [4.78, 5) is 16.1. The van der Waals surface area contributed by atoms with E-state index in [2.05, 4.69) is 10.3 Å². The van der Waals surface area contributed by atoms with Gasteiger partial charge in [-0.15, -0.1) is 0 Å². The van der Waals surface area contributed by atoms with Crippen LogP contribution in [0.2, 0.25) is 0 Å². The summed E-state index contributed by atoms with van der Waals surface area (Å²) in [5, 5.41) is 2.51. The lowest BCUT2D eigenvalue weighted by molar-refractivity contribution is -0.138. The lowest BCUT2D eigenvalue weighted by Gasteiger charge is -2.10. The first-order chi connectivity index (χ1) is 14.0. The minimum absolute atomic E-state index is 0.0979. The normalized spacial score (nSPS) is 11.9. The highest BCUT2D eigenvalue weighted by Crippen LogP contribution is 2.31. The van der Waals surface area contributed by atoms with Crippen LogP contribution in [0.3, 0.4) is 0 Å². The van der Waals surface area contributed by atoms with Crippen LogP contribution in [0.5, 0.6) is 0 Å². The van der Waals surface area contributed by atoms with Gasteiger partial charge in [-0.2, -0.15) is 26.3 Å². The number of hydrogen-bond acceptors (Lipinski definition) is 2. The first kappa shape index (κ1) is 21.4. The predicted molar refractivity (Wildman–Crippen MR) is 97.3 cm³/mol. The van der Waals surface area contributed by atoms with Crippen LogP contribution in [-0.2, 0) is 18.9 Å². The number of pyridine rings is 1. The van der Waals surface area contributed by atoms with Gasteiger partial charge in [0, 0.05) is 23.9 Å². The van der Waals surface area contributed by atoms with Crippen LogP contribution in [0.25, 0.3) is 11.3 Å². The molecule has 3 rings (SSSR count). The van der Waals surface area contributed by atoms with E-state index in [1.54, 1.807) is 0 Å². The van der Waals surface area contributed by atoms with E-state index in [1.807, 2.05) is 0 Å². The lowest BCUT2D eigenvalue weighted by Crippen LogP contribution is -2.23. The van der Waals surface area contributed by atoms with Gasteiger partial charge < -0.3 is 5.32 Å². The van der Waals surface area contributed by atoms with Gasteiger partial charge in [0.15, 0.2) is 0 Å². The summed E-state index contributed by atoms with van der Waals surface area (Å²) in [7, 11) is 0. The molecule has 0 saturated carbocycles. The van der Waals surface area contributed by atoms with E-state index in [4.69, 9.17) is 0 Å². The predicted octanol–water partition coefficient (Wildman–Crippen LogP) is 5.72. The molecule has 0 aliphatic heterocycles. The Morgan fingerprint density at radius 1 is 0.833 bits per heavy atom. The Morgan fingerprint density at radius 2 is 1.47 bits per heavy atom. The maximum atomic E-state index is 12.8. The average molecular weight is 424 g/mol. The van der Waals surface area contributed by atoms with Crippen molar-refractivity contribution in [3.8, 4) is 11.3 Å². The second-order valence-corrected chi connectivity index (χ2v) is 6.39. The molecule has 0 spiro atoms. The average Bonchev–Trinajstić information content (AvgIpc) is 2.71. The smallest absolute Gasteiger partial charge is 0.348 e. The molecule has 1 amide bonds. The van der Waals surface area contributed by atoms with Crippen molar-refractivity contribution < 1.29 is 31.1 Å². The maximum Gasteiger partial charge on any atom is 0.416 e. The topological polar surface area (TPSA) is 42.0 Å². The highest BCUT2D eigenvalue weighted by molar-refractivity contribution is 5.94. The Hall–Kier alpha value is -3.36. The molecule has 0 aliphatic carbocycles. The van der Waals surface area contributed by atoms with Gasteiger partial charge in [-0.25, -0.2) is 0 Å². The Balaban J connectivity index is 1.69. The van der Waals surface area contributed by atoms with E-state index < -0.39 is 29.4 Å². The van der Waals surface area contributed by atoms with Crippen molar-refractivity contribution in [1.29, 1.82) is 0 Å². The number of rotatable bonds is 4. The molecule has 0 atom stereocenters. The molecule has 0 aliphatic rings. The van der Waals surface area contributed by atoms with E-state index in [0.717, 1.165) is 30.5 Å². The molecule has 1 aromatic heterocycles. The van der Waals surface area contributed by atoms with Crippen LogP contribution in [0, 0.1) is 0 Å². The largest absolute Gasteiger partial charge is 0.416 e. The first-order valence-corrected chi connectivity index (χ1v) is 8.62. The third-order valence-electron chi connectivity index (χ3n) is 4.24. The summed E-state index contributed by atoms with van der Waals surface area (Å²) in [5.74, 6) is -0.532. The van der Waals surface area contributed by atoms with Crippen LogP contribution in [0.4, 0.5) is 26.3 Å². The molecule has 0 radical (unpaired) electrons. The van der Waals surface area contributed by atoms with Crippen molar-refractivity contribution in [3.05, 3.63) is 89.1 Å². The molecule has 0 saturated heterocycles. The maximum absolute atomic E-state index is 12.8. The number of carbonyl (C=O) groups excluding carboxylic acids is 1. The number of benzene rings is 2. The van der Waals surface area contributed by atoms with E-state index in [1.165, 1.54) is 36.4 Å². The summed E-state index contributed by atoms with van der Waals surface area (Å²) < 4.78 is 76.7. The lowest BCUT2D eigenvalue weighted by atomic mass is 10.1. The van der Waals surface area contributed by atoms with Gasteiger partial charge in [0.1, 0.15) is 0 Å². The van der Waals surface area contributed by atoms with Gasteiger partial charge in [0.2, 0.25) is 0 Å². The van der Waals surface area contributed by atoms with Gasteiger partial charge >= 0.3 is 12.4 Å². The fourth-order valence-electron chi connectivity index (χ4n) is 2.70. The Kier molecular flexibility index (Phi) is 5.82. The minimum atomic E-state index is -4.50. The van der Waals surface area contributed by atoms with E-state index in [9.17, 15) is 31.1 Å². The number of hydrogen-bond donors (Lipinski definition) is 1. The summed E-state index contributed by atoms with van der Waals surface area (Å²) in [5.41, 5.74) is -0.681. The van der Waals surface area contributed by atoms with Crippen molar-refractivity contribution >= 4 is 5.91 Å². The highest BCUT2D eigenvalue weighted by Gasteiger charge is 2.31. The van der Waals surface area contributed by atoms with E-state index in [0.29, 0.717) is 5.56 Å². The quantitative estimate of drug-likeness (QED) is 0.545. The third-order valence-corrected chi connectivity index (χ3v) is 4.24. The second kappa shape index (κ2) is 8.17. The summed E-state index contributed by atoms with van der Waals surface area (Å²) in [6.45, 7) is -0.111. The number of nitrogens with zero attached hydrogens (tertiary/aromatic N) is 1. The second-order valence-electron chi connectivity index (χ2n) is 6.39. The molecule has 1 N–H and O–H groups in total. The van der Waals surface area contributed by atoms with Gasteiger partial charge in [-0.1, -0.05) is 24.3 Å². The van der Waals surface area contributed by atoms with Crippen molar-refractivity contribution in [1.82, 2.24) is 10.3 Å². The Labute approximate surface area is 167 Å². The van der Waals surface area contributed by atoms with E-state index in [-0.39, 0.29) is 23.4 Å². The highest BCUT2D eigenvalue weighted by atomic mass is 19.4. The number of alkyl halides is 6. The van der Waals surface area contributed by atoms with Gasteiger partial charge in [0.25, 0.3) is 5.91 Å². The monoisotopic (exact) mass is 424 g/mol. The zero-order chi connectivity index (χ0) is 21.9. The van der Waals surface area contributed by atoms with Crippen molar-refractivity contribution in [2.24, 2.45) is 0 Å². The molecule has 30 heavy (non-hydrogen) atoms. The third kappa shape index (κ3) is 5.16. The molecular weight excluding hydrogens is 410 g/mol. The number of halogens is 6. The fourth-order valence-corrected chi connectivity index (χ4v) is 2.70. The molecule has 156 valence electrons. The molecule has 0 bridgehead atoms. The molecule has 0 fully saturated rings. The van der Waals surface area contributed by atoms with Crippen LogP contribution < -0.4 is 5.32 Å². The van der Waals surface area contributed by atoms with Crippen molar-refractivity contribution in [3.63, 3.8) is 0 Å². The van der Waals surface area contributed by atoms with Crippen LogP contribution in [0.15, 0.2) is 66.9 Å². The molecule has 1 heterocycles. The SMILES string of the molecule is O=C(NCc1cccc(C(F)(F)F)c1)c1ccc(-c2cc(C(F)(F)F)ccn2)cc1. The van der Waals surface area contributed by atoms with Crippen LogP contribution >= 0.6 is 0 Å². The van der Waals surface area contributed by atoms with E-state index >= 15 is 0 Å². The van der Waals surface area contributed by atoms with Gasteiger partial charge in [-0.3, -0.25) is 9.78 Å². The minimum Gasteiger partial charge on any atom is -0.348 e. The molecule has 3 nitrogen and oxygen atoms in total. The molecule has 9 heteroatoms. The number of carbonyl (C=O) groups is 1. The van der Waals surface area contributed by atoms with Crippen LogP contribution in [-0.4, -0.2) is 10.9 Å². The Morgan fingerprint density at radius 3 is 2.10 bits per heavy atom. The Bertz CT molecular complexity index is 1040. The number of aromatic nitrogens is 1. The van der Waals surface area contributed by atoms with Crippen molar-refractivity contribution in [2.75, 3.05) is 0 Å². The number of nitrogens with one attached hydrogen (secondary N) is 1. The van der Waals surface area contributed by atoms with Gasteiger partial charge in [0.05, 0.1) is 16.8 Å². The summed E-state index contributed by atoms with van der Waals surface area (Å²) in [6.07, 6.45) is -7.93. The van der Waals surface area contributed by atoms with Crippen molar-refractivity contribution in [2.45, 2.75) is 18.9 Å². The standard InChI is InChI=1S/C21H14F6N2O/c22-20(23,24)16-3-1-2-13(10-16)12-29-19(30)15-6-4-14(5-7-15)18-11-17(8-9-28-18)21(25,26)27/h1-11H,12H2,(H,29,30). The summed E-state index contributed by atoms with van der Waals surface area (Å²) >= 11 is 0. The zero-order valence-electron chi connectivity index (χ0n) is 15.2. The fraction of sp³-hybridized carbons (Fsp3) is 0.143. The molecule has 3 aromatic rings. The number of amides is 1. The molecular formula is C21H14F6N2O. The molecule has 0 unspecified atom stereocenters. The van der Waals surface area contributed by atoms with Gasteiger partial charge in [-0.05, 0) is 42.0 Å². The zero-order valence-corrected chi connectivity index (χ0v) is 15.2.